The average Bonchev–Trinajstić information content (AvgIpc) is 2.89. The monoisotopic (exact) mass is 332 g/mol. The summed E-state index contributed by atoms with van der Waals surface area (Å²) in [7, 11) is 0. The van der Waals surface area contributed by atoms with Gasteiger partial charge in [0.05, 0.1) is 5.56 Å². The Kier molecular flexibility index (Phi) is 3.79. The topological polar surface area (TPSA) is 53.6 Å². The normalized spacial score (nSPS) is 11.7. The molecular formula is C17H15F3N4. The highest BCUT2D eigenvalue weighted by atomic mass is 19.4. The van der Waals surface area contributed by atoms with Crippen molar-refractivity contribution in [1.82, 2.24) is 15.2 Å². The van der Waals surface area contributed by atoms with Crippen LogP contribution in [0.2, 0.25) is 0 Å². The van der Waals surface area contributed by atoms with Crippen molar-refractivity contribution in [1.29, 1.82) is 0 Å². The molecular weight excluding hydrogens is 317 g/mol. The molecule has 3 rings (SSSR count). The zero-order valence-electron chi connectivity index (χ0n) is 13.1. The Hall–Kier alpha value is -2.83. The minimum absolute atomic E-state index is 0.524. The summed E-state index contributed by atoms with van der Waals surface area (Å²) in [6.07, 6.45) is -2.70. The van der Waals surface area contributed by atoms with Crippen molar-refractivity contribution in [2.45, 2.75) is 20.0 Å². The number of nitrogens with one attached hydrogen (secondary N) is 2. The van der Waals surface area contributed by atoms with Crippen LogP contribution in [0.4, 0.5) is 18.9 Å². The zero-order valence-corrected chi connectivity index (χ0v) is 13.1. The van der Waals surface area contributed by atoms with Crippen LogP contribution in [0, 0.1) is 13.8 Å². The van der Waals surface area contributed by atoms with E-state index in [1.54, 1.807) is 6.20 Å². The lowest BCUT2D eigenvalue weighted by Crippen LogP contribution is -2.05. The van der Waals surface area contributed by atoms with E-state index < -0.39 is 11.7 Å². The summed E-state index contributed by atoms with van der Waals surface area (Å²) in [5.74, 6) is 0. The molecule has 0 aliphatic rings. The van der Waals surface area contributed by atoms with Gasteiger partial charge in [0.25, 0.3) is 0 Å². The second kappa shape index (κ2) is 5.67. The van der Waals surface area contributed by atoms with E-state index >= 15 is 0 Å². The molecule has 0 aliphatic heterocycles. The maximum Gasteiger partial charge on any atom is 0.416 e. The summed E-state index contributed by atoms with van der Waals surface area (Å²) in [5, 5.41) is 10.9. The van der Waals surface area contributed by atoms with Crippen LogP contribution in [0.3, 0.4) is 0 Å². The number of H-pyrrole nitrogens is 1. The standard InChI is InChI=1S/C17H15F3N4/c1-9-14(8-21-16-15(9)11(3)23-24-16)10(2)22-13-6-4-12(5-7-13)17(18,19)20/h4-8,22H,2H2,1,3H3,(H,21,23,24). The molecule has 0 saturated heterocycles. The van der Waals surface area contributed by atoms with Crippen molar-refractivity contribution in [3.05, 3.63) is 59.4 Å². The van der Waals surface area contributed by atoms with Crippen LogP contribution in [-0.2, 0) is 6.18 Å². The number of aromatic amines is 1. The molecule has 0 bridgehead atoms. The lowest BCUT2D eigenvalue weighted by molar-refractivity contribution is -0.137. The number of rotatable bonds is 3. The fourth-order valence-electron chi connectivity index (χ4n) is 2.60. The Morgan fingerprint density at radius 1 is 1.17 bits per heavy atom. The van der Waals surface area contributed by atoms with Gasteiger partial charge >= 0.3 is 6.18 Å². The van der Waals surface area contributed by atoms with Crippen LogP contribution in [-0.4, -0.2) is 15.2 Å². The molecule has 124 valence electrons. The van der Waals surface area contributed by atoms with Gasteiger partial charge in [0.15, 0.2) is 5.65 Å². The summed E-state index contributed by atoms with van der Waals surface area (Å²) in [6, 6.07) is 4.81. The minimum Gasteiger partial charge on any atom is -0.355 e. The van der Waals surface area contributed by atoms with Crippen molar-refractivity contribution < 1.29 is 13.2 Å². The summed E-state index contributed by atoms with van der Waals surface area (Å²) < 4.78 is 37.8. The molecule has 4 nitrogen and oxygen atoms in total. The highest BCUT2D eigenvalue weighted by Gasteiger charge is 2.29. The number of nitrogens with zero attached hydrogens (tertiary/aromatic N) is 2. The number of anilines is 1. The fourth-order valence-corrected chi connectivity index (χ4v) is 2.60. The van der Waals surface area contributed by atoms with E-state index in [0.717, 1.165) is 34.3 Å². The number of hydrogen-bond acceptors (Lipinski definition) is 3. The number of alkyl halides is 3. The third-order valence-corrected chi connectivity index (χ3v) is 3.86. The van der Waals surface area contributed by atoms with Gasteiger partial charge in [-0.25, -0.2) is 4.98 Å². The molecule has 0 atom stereocenters. The maximum absolute atomic E-state index is 12.6. The van der Waals surface area contributed by atoms with Gasteiger partial charge in [-0.15, -0.1) is 0 Å². The first-order valence-corrected chi connectivity index (χ1v) is 7.21. The van der Waals surface area contributed by atoms with Crippen molar-refractivity contribution in [3.8, 4) is 0 Å². The van der Waals surface area contributed by atoms with Crippen LogP contribution in [0.5, 0.6) is 0 Å². The smallest absolute Gasteiger partial charge is 0.355 e. The van der Waals surface area contributed by atoms with Crippen molar-refractivity contribution in [2.24, 2.45) is 0 Å². The van der Waals surface area contributed by atoms with E-state index in [2.05, 4.69) is 27.1 Å². The highest BCUT2D eigenvalue weighted by Crippen LogP contribution is 2.31. The van der Waals surface area contributed by atoms with Crippen molar-refractivity contribution in [3.63, 3.8) is 0 Å². The molecule has 0 amide bonds. The molecule has 0 spiro atoms. The van der Waals surface area contributed by atoms with E-state index in [-0.39, 0.29) is 0 Å². The first-order chi connectivity index (χ1) is 11.3. The average molecular weight is 332 g/mol. The maximum atomic E-state index is 12.6. The Morgan fingerprint density at radius 2 is 1.83 bits per heavy atom. The van der Waals surface area contributed by atoms with Crippen LogP contribution < -0.4 is 5.32 Å². The molecule has 2 N–H and O–H groups in total. The van der Waals surface area contributed by atoms with Crippen molar-refractivity contribution >= 4 is 22.4 Å². The molecule has 24 heavy (non-hydrogen) atoms. The zero-order chi connectivity index (χ0) is 17.5. The highest BCUT2D eigenvalue weighted by molar-refractivity contribution is 5.88. The molecule has 0 radical (unpaired) electrons. The van der Waals surface area contributed by atoms with E-state index in [1.807, 2.05) is 13.8 Å². The van der Waals surface area contributed by atoms with Gasteiger partial charge in [-0.05, 0) is 43.7 Å². The lowest BCUT2D eigenvalue weighted by Gasteiger charge is -2.13. The number of pyridine rings is 1. The van der Waals surface area contributed by atoms with E-state index in [1.165, 1.54) is 12.1 Å². The molecule has 3 aromatic rings. The van der Waals surface area contributed by atoms with Crippen LogP contribution in [0.15, 0.2) is 37.0 Å². The van der Waals surface area contributed by atoms with Gasteiger partial charge in [-0.2, -0.15) is 18.3 Å². The first kappa shape index (κ1) is 16.0. The summed E-state index contributed by atoms with van der Waals surface area (Å²) >= 11 is 0. The van der Waals surface area contributed by atoms with E-state index in [0.29, 0.717) is 17.0 Å². The number of halogens is 3. The Bertz CT molecular complexity index is 908. The Balaban J connectivity index is 1.87. The molecule has 2 aromatic heterocycles. The fraction of sp³-hybridized carbons (Fsp3) is 0.176. The van der Waals surface area contributed by atoms with Gasteiger partial charge in [0, 0.05) is 34.2 Å². The Labute approximate surface area is 136 Å². The van der Waals surface area contributed by atoms with E-state index in [9.17, 15) is 13.2 Å². The van der Waals surface area contributed by atoms with E-state index in [4.69, 9.17) is 0 Å². The first-order valence-electron chi connectivity index (χ1n) is 7.21. The SMILES string of the molecule is C=C(Nc1ccc(C(F)(F)F)cc1)c1cnc2n[nH]c(C)c2c1C. The number of aryl methyl sites for hydroxylation is 2. The Morgan fingerprint density at radius 3 is 2.46 bits per heavy atom. The lowest BCUT2D eigenvalue weighted by atomic mass is 10.0. The molecule has 0 aliphatic carbocycles. The van der Waals surface area contributed by atoms with Gasteiger partial charge in [0.1, 0.15) is 0 Å². The van der Waals surface area contributed by atoms with Gasteiger partial charge in [-0.3, -0.25) is 5.10 Å². The molecule has 0 saturated carbocycles. The third kappa shape index (κ3) is 2.84. The predicted octanol–water partition coefficient (Wildman–Crippen LogP) is 4.68. The van der Waals surface area contributed by atoms with Crippen LogP contribution in [0.25, 0.3) is 16.7 Å². The van der Waals surface area contributed by atoms with Gasteiger partial charge in [-0.1, -0.05) is 6.58 Å². The second-order valence-electron chi connectivity index (χ2n) is 5.52. The molecule has 0 unspecified atom stereocenters. The van der Waals surface area contributed by atoms with Crippen LogP contribution >= 0.6 is 0 Å². The quantitative estimate of drug-likeness (QED) is 0.732. The number of hydrogen-bond donors (Lipinski definition) is 2. The number of aromatic nitrogens is 3. The summed E-state index contributed by atoms with van der Waals surface area (Å²) in [4.78, 5) is 4.28. The molecule has 2 heterocycles. The summed E-state index contributed by atoms with van der Waals surface area (Å²) in [5.41, 5.74) is 3.66. The number of fused-ring (bicyclic) bond motifs is 1. The molecule has 1 aromatic carbocycles. The summed E-state index contributed by atoms with van der Waals surface area (Å²) in [6.45, 7) is 7.80. The van der Waals surface area contributed by atoms with Gasteiger partial charge in [0.2, 0.25) is 0 Å². The number of benzene rings is 1. The largest absolute Gasteiger partial charge is 0.416 e. The minimum atomic E-state index is -4.35. The third-order valence-electron chi connectivity index (χ3n) is 3.86. The predicted molar refractivity (Wildman–Crippen MR) is 87.5 cm³/mol. The van der Waals surface area contributed by atoms with Crippen LogP contribution in [0.1, 0.15) is 22.4 Å². The second-order valence-corrected chi connectivity index (χ2v) is 5.52. The van der Waals surface area contributed by atoms with Gasteiger partial charge < -0.3 is 5.32 Å². The molecule has 0 fully saturated rings. The molecule has 7 heteroatoms. The van der Waals surface area contributed by atoms with Crippen molar-refractivity contribution in [2.75, 3.05) is 5.32 Å².